The molecule has 6 rings (SSSR count). The summed E-state index contributed by atoms with van der Waals surface area (Å²) in [6.07, 6.45) is 10.9. The summed E-state index contributed by atoms with van der Waals surface area (Å²) in [4.78, 5) is 9.82. The molecule has 6 nitrogen and oxygen atoms in total. The highest BCUT2D eigenvalue weighted by Crippen LogP contribution is 2.28. The first-order valence-corrected chi connectivity index (χ1v) is 13.5. The number of nitrogens with one attached hydrogen (secondary N) is 2. The van der Waals surface area contributed by atoms with Gasteiger partial charge in [0.05, 0.1) is 25.3 Å². The SMILES string of the molecule is Br.c1cc(C2=NC3CCCCC3N2)ccc1OCCCOc1ccc(C2=NC3CCCCC3N2)cc1. The van der Waals surface area contributed by atoms with Crippen LogP contribution in [0.25, 0.3) is 0 Å². The van der Waals surface area contributed by atoms with Crippen LogP contribution in [-0.4, -0.2) is 49.1 Å². The highest BCUT2D eigenvalue weighted by molar-refractivity contribution is 8.93. The van der Waals surface area contributed by atoms with Gasteiger partial charge in [0, 0.05) is 29.6 Å². The zero-order valence-electron chi connectivity index (χ0n) is 20.8. The minimum absolute atomic E-state index is 0. The number of rotatable bonds is 8. The van der Waals surface area contributed by atoms with Crippen LogP contribution in [0, 0.1) is 0 Å². The average Bonchev–Trinajstić information content (AvgIpc) is 3.54. The van der Waals surface area contributed by atoms with E-state index in [0.717, 1.165) is 40.7 Å². The van der Waals surface area contributed by atoms with Gasteiger partial charge in [-0.1, -0.05) is 25.7 Å². The van der Waals surface area contributed by atoms with Gasteiger partial charge >= 0.3 is 0 Å². The van der Waals surface area contributed by atoms with Crippen molar-refractivity contribution in [1.29, 1.82) is 0 Å². The molecule has 2 fully saturated rings. The Labute approximate surface area is 224 Å². The molecule has 36 heavy (non-hydrogen) atoms. The van der Waals surface area contributed by atoms with Gasteiger partial charge in [0.1, 0.15) is 23.2 Å². The predicted molar refractivity (Wildman–Crippen MR) is 150 cm³/mol. The second kappa shape index (κ2) is 11.7. The van der Waals surface area contributed by atoms with Gasteiger partial charge in [-0.15, -0.1) is 17.0 Å². The van der Waals surface area contributed by atoms with Crippen LogP contribution in [-0.2, 0) is 0 Å². The molecule has 2 aromatic rings. The van der Waals surface area contributed by atoms with Gasteiger partial charge in [-0.05, 0) is 74.2 Å². The van der Waals surface area contributed by atoms with E-state index < -0.39 is 0 Å². The van der Waals surface area contributed by atoms with Crippen molar-refractivity contribution in [3.8, 4) is 11.5 Å². The van der Waals surface area contributed by atoms with Gasteiger partial charge in [-0.2, -0.15) is 0 Å². The molecular formula is C29H37BrN4O2. The van der Waals surface area contributed by atoms with Crippen molar-refractivity contribution in [3.63, 3.8) is 0 Å². The fourth-order valence-electron chi connectivity index (χ4n) is 5.80. The third kappa shape index (κ3) is 5.72. The summed E-state index contributed by atoms with van der Waals surface area (Å²) < 4.78 is 11.8. The fraction of sp³-hybridized carbons (Fsp3) is 0.517. The van der Waals surface area contributed by atoms with E-state index in [2.05, 4.69) is 34.9 Å². The fourth-order valence-corrected chi connectivity index (χ4v) is 5.80. The van der Waals surface area contributed by atoms with Gasteiger partial charge in [0.15, 0.2) is 0 Å². The first-order chi connectivity index (χ1) is 17.3. The minimum atomic E-state index is 0. The molecule has 2 aliphatic carbocycles. The summed E-state index contributed by atoms with van der Waals surface area (Å²) in [7, 11) is 0. The number of ether oxygens (including phenoxy) is 2. The van der Waals surface area contributed by atoms with Gasteiger partial charge in [-0.3, -0.25) is 9.98 Å². The molecule has 4 atom stereocenters. The Morgan fingerprint density at radius 2 is 1.03 bits per heavy atom. The normalized spacial score (nSPS) is 26.3. The molecule has 0 aromatic heterocycles. The van der Waals surface area contributed by atoms with E-state index in [4.69, 9.17) is 19.5 Å². The quantitative estimate of drug-likeness (QED) is 0.428. The van der Waals surface area contributed by atoms with Crippen molar-refractivity contribution in [2.24, 2.45) is 9.98 Å². The first-order valence-electron chi connectivity index (χ1n) is 13.5. The summed E-state index contributed by atoms with van der Waals surface area (Å²) in [5.41, 5.74) is 2.30. The number of halogens is 1. The number of hydrogen-bond donors (Lipinski definition) is 2. The zero-order chi connectivity index (χ0) is 23.5. The zero-order valence-corrected chi connectivity index (χ0v) is 22.5. The molecule has 2 aromatic carbocycles. The van der Waals surface area contributed by atoms with Crippen LogP contribution in [0.4, 0.5) is 0 Å². The number of benzene rings is 2. The van der Waals surface area contributed by atoms with Crippen molar-refractivity contribution in [1.82, 2.24) is 10.6 Å². The van der Waals surface area contributed by atoms with Crippen LogP contribution in [0.2, 0.25) is 0 Å². The Morgan fingerprint density at radius 1 is 0.611 bits per heavy atom. The lowest BCUT2D eigenvalue weighted by Gasteiger charge is -2.23. The maximum absolute atomic E-state index is 5.92. The van der Waals surface area contributed by atoms with Crippen LogP contribution in [0.1, 0.15) is 68.9 Å². The van der Waals surface area contributed by atoms with Gasteiger partial charge < -0.3 is 20.1 Å². The molecule has 2 saturated carbocycles. The average molecular weight is 554 g/mol. The van der Waals surface area contributed by atoms with Crippen LogP contribution in [0.3, 0.4) is 0 Å². The summed E-state index contributed by atoms with van der Waals surface area (Å²) in [5, 5.41) is 7.24. The van der Waals surface area contributed by atoms with Gasteiger partial charge in [0.2, 0.25) is 0 Å². The van der Waals surface area contributed by atoms with E-state index in [9.17, 15) is 0 Å². The molecule has 2 N–H and O–H groups in total. The molecule has 0 radical (unpaired) electrons. The molecule has 7 heteroatoms. The van der Waals surface area contributed by atoms with Crippen molar-refractivity contribution in [2.45, 2.75) is 82.0 Å². The Balaban J connectivity index is 0.00000267. The Morgan fingerprint density at radius 3 is 1.44 bits per heavy atom. The van der Waals surface area contributed by atoms with E-state index in [1.807, 2.05) is 24.3 Å². The van der Waals surface area contributed by atoms with Crippen LogP contribution in [0.5, 0.6) is 11.5 Å². The van der Waals surface area contributed by atoms with E-state index in [1.165, 1.54) is 51.4 Å². The lowest BCUT2D eigenvalue weighted by Crippen LogP contribution is -2.36. The largest absolute Gasteiger partial charge is 0.493 e. The highest BCUT2D eigenvalue weighted by atomic mass is 79.9. The van der Waals surface area contributed by atoms with Crippen LogP contribution < -0.4 is 20.1 Å². The summed E-state index contributed by atoms with van der Waals surface area (Å²) in [6.45, 7) is 1.26. The molecule has 2 heterocycles. The lowest BCUT2D eigenvalue weighted by atomic mass is 9.92. The molecule has 0 bridgehead atoms. The van der Waals surface area contributed by atoms with E-state index in [0.29, 0.717) is 37.4 Å². The van der Waals surface area contributed by atoms with Crippen molar-refractivity contribution >= 4 is 28.7 Å². The number of hydrogen-bond acceptors (Lipinski definition) is 6. The number of amidine groups is 2. The topological polar surface area (TPSA) is 67.2 Å². The van der Waals surface area contributed by atoms with Crippen LogP contribution >= 0.6 is 17.0 Å². The molecule has 4 aliphatic rings. The lowest BCUT2D eigenvalue weighted by molar-refractivity contribution is 0.247. The second-order valence-electron chi connectivity index (χ2n) is 10.3. The molecule has 192 valence electrons. The van der Waals surface area contributed by atoms with E-state index >= 15 is 0 Å². The monoisotopic (exact) mass is 552 g/mol. The number of aliphatic imine (C=N–C) groups is 2. The minimum Gasteiger partial charge on any atom is -0.493 e. The third-order valence-corrected chi connectivity index (χ3v) is 7.77. The Bertz CT molecular complexity index is 984. The smallest absolute Gasteiger partial charge is 0.128 e. The summed E-state index contributed by atoms with van der Waals surface area (Å²) >= 11 is 0. The Hall–Kier alpha value is -2.54. The summed E-state index contributed by atoms with van der Waals surface area (Å²) in [6, 6.07) is 18.6. The van der Waals surface area contributed by atoms with Crippen molar-refractivity contribution < 1.29 is 9.47 Å². The van der Waals surface area contributed by atoms with Crippen LogP contribution in [0.15, 0.2) is 58.5 Å². The number of fused-ring (bicyclic) bond motifs is 2. The van der Waals surface area contributed by atoms with Gasteiger partial charge in [-0.25, -0.2) is 0 Å². The summed E-state index contributed by atoms with van der Waals surface area (Å²) in [5.74, 6) is 3.86. The molecule has 0 amide bonds. The first kappa shape index (κ1) is 25.1. The second-order valence-corrected chi connectivity index (χ2v) is 10.3. The van der Waals surface area contributed by atoms with E-state index in [-0.39, 0.29) is 17.0 Å². The van der Waals surface area contributed by atoms with Crippen molar-refractivity contribution in [3.05, 3.63) is 59.7 Å². The molecule has 2 aliphatic heterocycles. The Kier molecular flexibility index (Phi) is 8.15. The molecule has 4 unspecified atom stereocenters. The van der Waals surface area contributed by atoms with E-state index in [1.54, 1.807) is 0 Å². The van der Waals surface area contributed by atoms with Gasteiger partial charge in [0.25, 0.3) is 0 Å². The molecule has 0 saturated heterocycles. The maximum atomic E-state index is 5.92. The molecule has 0 spiro atoms. The maximum Gasteiger partial charge on any atom is 0.128 e. The number of nitrogens with zero attached hydrogens (tertiary/aromatic N) is 2. The molecular weight excluding hydrogens is 516 g/mol. The van der Waals surface area contributed by atoms with Crippen molar-refractivity contribution in [2.75, 3.05) is 13.2 Å². The third-order valence-electron chi connectivity index (χ3n) is 7.77. The standard InChI is InChI=1S/C29H36N4O2.BrH/c1-2-7-25-24(6-1)30-28(31-25)20-10-14-22(15-11-20)34-18-5-19-35-23-16-12-21(13-17-23)29-32-26-8-3-4-9-27(26)33-29;/h10-17,24-27H,1-9,18-19H2,(H,30,31)(H,32,33);1H. The predicted octanol–water partition coefficient (Wildman–Crippen LogP) is 5.43. The highest BCUT2D eigenvalue weighted by Gasteiger charge is 2.32.